The number of hydrogen-bond donors (Lipinski definition) is 1. The summed E-state index contributed by atoms with van der Waals surface area (Å²) in [7, 11) is 0. The molecular weight excluding hydrogens is 208 g/mol. The summed E-state index contributed by atoms with van der Waals surface area (Å²) in [6, 6.07) is 2.45. The number of halogens is 3. The van der Waals surface area contributed by atoms with Gasteiger partial charge in [0.2, 0.25) is 0 Å². The number of benzene rings is 1. The zero-order valence-corrected chi connectivity index (χ0v) is 8.24. The SMILES string of the molecule is NCC1(c2cc(Cl)cc(F)c2F)CC1. The lowest BCUT2D eigenvalue weighted by Crippen LogP contribution is -2.21. The third-order valence-corrected chi connectivity index (χ3v) is 3.03. The quantitative estimate of drug-likeness (QED) is 0.758. The van der Waals surface area contributed by atoms with E-state index in [2.05, 4.69) is 0 Å². The fraction of sp³-hybridized carbons (Fsp3) is 0.400. The van der Waals surface area contributed by atoms with E-state index >= 15 is 0 Å². The second-order valence-electron chi connectivity index (χ2n) is 3.73. The largest absolute Gasteiger partial charge is 0.330 e. The highest BCUT2D eigenvalue weighted by atomic mass is 35.5. The van der Waals surface area contributed by atoms with Crippen molar-refractivity contribution in [2.45, 2.75) is 18.3 Å². The summed E-state index contributed by atoms with van der Waals surface area (Å²) in [5, 5.41) is 0.221. The molecule has 1 aliphatic rings. The lowest BCUT2D eigenvalue weighted by molar-refractivity contribution is 0.485. The predicted molar refractivity (Wildman–Crippen MR) is 51.3 cm³/mol. The average Bonchev–Trinajstić information content (AvgIpc) is 2.92. The van der Waals surface area contributed by atoms with Crippen LogP contribution in [0.4, 0.5) is 8.78 Å². The minimum absolute atomic E-state index is 0.221. The van der Waals surface area contributed by atoms with Crippen LogP contribution in [-0.2, 0) is 5.41 Å². The molecule has 0 atom stereocenters. The molecule has 1 saturated carbocycles. The van der Waals surface area contributed by atoms with E-state index in [0.717, 1.165) is 18.9 Å². The second-order valence-corrected chi connectivity index (χ2v) is 4.17. The van der Waals surface area contributed by atoms with Gasteiger partial charge in [0.1, 0.15) is 0 Å². The van der Waals surface area contributed by atoms with Crippen molar-refractivity contribution < 1.29 is 8.78 Å². The van der Waals surface area contributed by atoms with E-state index in [1.54, 1.807) is 0 Å². The molecule has 0 bridgehead atoms. The summed E-state index contributed by atoms with van der Waals surface area (Å²) in [5.74, 6) is -1.70. The van der Waals surface area contributed by atoms with Crippen LogP contribution in [0.25, 0.3) is 0 Å². The van der Waals surface area contributed by atoms with Gasteiger partial charge in [0, 0.05) is 17.0 Å². The monoisotopic (exact) mass is 217 g/mol. The van der Waals surface area contributed by atoms with Gasteiger partial charge in [-0.05, 0) is 30.5 Å². The van der Waals surface area contributed by atoms with Crippen LogP contribution in [0.5, 0.6) is 0 Å². The molecule has 76 valence electrons. The molecule has 2 rings (SSSR count). The van der Waals surface area contributed by atoms with E-state index in [4.69, 9.17) is 17.3 Å². The Morgan fingerprint density at radius 3 is 2.50 bits per heavy atom. The summed E-state index contributed by atoms with van der Waals surface area (Å²) in [6.07, 6.45) is 1.61. The van der Waals surface area contributed by atoms with Crippen molar-refractivity contribution in [1.29, 1.82) is 0 Å². The Bertz CT molecular complexity index is 375. The van der Waals surface area contributed by atoms with Crippen molar-refractivity contribution in [3.63, 3.8) is 0 Å². The van der Waals surface area contributed by atoms with Gasteiger partial charge in [0.15, 0.2) is 11.6 Å². The molecule has 1 nitrogen and oxygen atoms in total. The third-order valence-electron chi connectivity index (χ3n) is 2.81. The lowest BCUT2D eigenvalue weighted by Gasteiger charge is -2.14. The predicted octanol–water partition coefficient (Wildman–Crippen LogP) is 2.61. The highest BCUT2D eigenvalue weighted by Crippen LogP contribution is 2.48. The summed E-state index contributed by atoms with van der Waals surface area (Å²) < 4.78 is 26.4. The summed E-state index contributed by atoms with van der Waals surface area (Å²) >= 11 is 5.67. The van der Waals surface area contributed by atoms with E-state index in [-0.39, 0.29) is 10.4 Å². The highest BCUT2D eigenvalue weighted by molar-refractivity contribution is 6.30. The van der Waals surface area contributed by atoms with E-state index in [1.165, 1.54) is 6.07 Å². The first kappa shape index (κ1) is 9.87. The first-order chi connectivity index (χ1) is 6.59. The molecule has 0 spiro atoms. The molecule has 0 heterocycles. The molecule has 1 aromatic carbocycles. The molecule has 0 saturated heterocycles. The molecule has 0 unspecified atom stereocenters. The number of nitrogens with two attached hydrogens (primary N) is 1. The molecule has 1 aromatic rings. The molecule has 1 fully saturated rings. The maximum absolute atomic E-state index is 13.4. The Balaban J connectivity index is 2.52. The fourth-order valence-electron chi connectivity index (χ4n) is 1.68. The van der Waals surface area contributed by atoms with Crippen molar-refractivity contribution in [2.75, 3.05) is 6.54 Å². The van der Waals surface area contributed by atoms with Gasteiger partial charge in [0.25, 0.3) is 0 Å². The molecule has 2 N–H and O–H groups in total. The standard InChI is InChI=1S/C10H10ClF2N/c11-6-3-7(9(13)8(12)4-6)10(5-14)1-2-10/h3-4H,1-2,5,14H2. The minimum atomic E-state index is -0.896. The maximum Gasteiger partial charge on any atom is 0.162 e. The Morgan fingerprint density at radius 2 is 2.00 bits per heavy atom. The van der Waals surface area contributed by atoms with Crippen molar-refractivity contribution in [1.82, 2.24) is 0 Å². The molecule has 0 amide bonds. The Kier molecular flexibility index (Phi) is 2.24. The van der Waals surface area contributed by atoms with Crippen LogP contribution in [0.2, 0.25) is 5.02 Å². The zero-order valence-electron chi connectivity index (χ0n) is 7.49. The lowest BCUT2D eigenvalue weighted by atomic mass is 9.95. The van der Waals surface area contributed by atoms with Crippen LogP contribution in [0, 0.1) is 11.6 Å². The van der Waals surface area contributed by atoms with Gasteiger partial charge >= 0.3 is 0 Å². The third kappa shape index (κ3) is 1.41. The van der Waals surface area contributed by atoms with Crippen LogP contribution in [-0.4, -0.2) is 6.54 Å². The first-order valence-corrected chi connectivity index (χ1v) is 4.82. The average molecular weight is 218 g/mol. The summed E-state index contributed by atoms with van der Waals surface area (Å²) in [5.41, 5.74) is 5.50. The van der Waals surface area contributed by atoms with Gasteiger partial charge in [0.05, 0.1) is 0 Å². The van der Waals surface area contributed by atoms with Crippen LogP contribution < -0.4 is 5.73 Å². The molecule has 0 aliphatic heterocycles. The van der Waals surface area contributed by atoms with Crippen molar-refractivity contribution in [3.8, 4) is 0 Å². The Hall–Kier alpha value is -0.670. The van der Waals surface area contributed by atoms with E-state index < -0.39 is 11.6 Å². The molecule has 4 heteroatoms. The number of hydrogen-bond acceptors (Lipinski definition) is 1. The van der Waals surface area contributed by atoms with E-state index in [0.29, 0.717) is 12.1 Å². The smallest absolute Gasteiger partial charge is 0.162 e. The summed E-state index contributed by atoms with van der Waals surface area (Å²) in [6.45, 7) is 0.337. The van der Waals surface area contributed by atoms with Crippen LogP contribution in [0.15, 0.2) is 12.1 Å². The van der Waals surface area contributed by atoms with Gasteiger partial charge in [-0.25, -0.2) is 8.78 Å². The molecule has 0 aromatic heterocycles. The fourth-order valence-corrected chi connectivity index (χ4v) is 1.88. The van der Waals surface area contributed by atoms with Crippen molar-refractivity contribution in [3.05, 3.63) is 34.4 Å². The molecular formula is C10H10ClF2N. The van der Waals surface area contributed by atoms with Gasteiger partial charge < -0.3 is 5.73 Å². The minimum Gasteiger partial charge on any atom is -0.330 e. The molecule has 1 aliphatic carbocycles. The maximum atomic E-state index is 13.4. The Morgan fingerprint density at radius 1 is 1.36 bits per heavy atom. The molecule has 14 heavy (non-hydrogen) atoms. The van der Waals surface area contributed by atoms with Crippen LogP contribution in [0.1, 0.15) is 18.4 Å². The van der Waals surface area contributed by atoms with Crippen LogP contribution >= 0.6 is 11.6 Å². The normalized spacial score (nSPS) is 18.3. The summed E-state index contributed by atoms with van der Waals surface area (Å²) in [4.78, 5) is 0. The van der Waals surface area contributed by atoms with Crippen molar-refractivity contribution >= 4 is 11.6 Å². The number of rotatable bonds is 2. The van der Waals surface area contributed by atoms with E-state index in [9.17, 15) is 8.78 Å². The van der Waals surface area contributed by atoms with Gasteiger partial charge in [-0.2, -0.15) is 0 Å². The Labute approximate surface area is 85.9 Å². The van der Waals surface area contributed by atoms with Crippen LogP contribution in [0.3, 0.4) is 0 Å². The van der Waals surface area contributed by atoms with Crippen molar-refractivity contribution in [2.24, 2.45) is 5.73 Å². The van der Waals surface area contributed by atoms with E-state index in [1.807, 2.05) is 0 Å². The first-order valence-electron chi connectivity index (χ1n) is 4.44. The van der Waals surface area contributed by atoms with Gasteiger partial charge in [-0.3, -0.25) is 0 Å². The van der Waals surface area contributed by atoms with Gasteiger partial charge in [-0.15, -0.1) is 0 Å². The second kappa shape index (κ2) is 3.17. The highest BCUT2D eigenvalue weighted by Gasteiger charge is 2.45. The zero-order chi connectivity index (χ0) is 10.3. The molecule has 0 radical (unpaired) electrons. The topological polar surface area (TPSA) is 26.0 Å². The van der Waals surface area contributed by atoms with Gasteiger partial charge in [-0.1, -0.05) is 11.6 Å².